The molecule has 0 atom stereocenters. The van der Waals surface area contributed by atoms with Gasteiger partial charge >= 0.3 is 0 Å². The van der Waals surface area contributed by atoms with Gasteiger partial charge in [0.25, 0.3) is 0 Å². The minimum absolute atomic E-state index is 0.888. The van der Waals surface area contributed by atoms with E-state index in [1.807, 2.05) is 12.3 Å². The lowest BCUT2D eigenvalue weighted by Gasteiger charge is -2.15. The van der Waals surface area contributed by atoms with Crippen molar-refractivity contribution in [3.8, 4) is 0 Å². The molecule has 78 valence electrons. The summed E-state index contributed by atoms with van der Waals surface area (Å²) in [5, 5.41) is 4.17. The third-order valence-electron chi connectivity index (χ3n) is 2.74. The molecule has 4 nitrogen and oxygen atoms in total. The van der Waals surface area contributed by atoms with E-state index in [0.717, 1.165) is 29.0 Å². The van der Waals surface area contributed by atoms with Gasteiger partial charge in [-0.2, -0.15) is 5.10 Å². The first-order chi connectivity index (χ1) is 7.34. The highest BCUT2D eigenvalue weighted by Gasteiger charge is 2.14. The first-order valence-corrected chi connectivity index (χ1v) is 5.89. The van der Waals surface area contributed by atoms with Gasteiger partial charge in [0.05, 0.1) is 10.7 Å². The Morgan fingerprint density at radius 1 is 1.27 bits per heavy atom. The zero-order valence-electron chi connectivity index (χ0n) is 8.23. The lowest BCUT2D eigenvalue weighted by atomic mass is 10.4. The first-order valence-electron chi connectivity index (χ1n) is 5.09. The van der Waals surface area contributed by atoms with Crippen LogP contribution in [0, 0.1) is 0 Å². The fraction of sp³-hybridized carbons (Fsp3) is 0.400. The Morgan fingerprint density at radius 2 is 2.07 bits per heavy atom. The molecule has 3 rings (SSSR count). The van der Waals surface area contributed by atoms with E-state index in [1.54, 1.807) is 10.7 Å². The molecular formula is C10H11BrN4. The second kappa shape index (κ2) is 3.48. The third kappa shape index (κ3) is 1.51. The highest BCUT2D eigenvalue weighted by Crippen LogP contribution is 2.21. The van der Waals surface area contributed by atoms with E-state index in [1.165, 1.54) is 12.8 Å². The Hall–Kier alpha value is -1.10. The molecule has 0 spiro atoms. The number of fused-ring (bicyclic) bond motifs is 1. The summed E-state index contributed by atoms with van der Waals surface area (Å²) >= 11 is 3.45. The Morgan fingerprint density at radius 3 is 2.87 bits per heavy atom. The molecule has 0 bridgehead atoms. The Bertz CT molecular complexity index is 487. The van der Waals surface area contributed by atoms with Crippen molar-refractivity contribution in [2.75, 3.05) is 18.0 Å². The minimum Gasteiger partial charge on any atom is -0.357 e. The summed E-state index contributed by atoms with van der Waals surface area (Å²) in [7, 11) is 0. The summed E-state index contributed by atoms with van der Waals surface area (Å²) in [4.78, 5) is 6.92. The summed E-state index contributed by atoms with van der Waals surface area (Å²) in [5.41, 5.74) is 0.888. The molecule has 1 aliphatic rings. The van der Waals surface area contributed by atoms with Crippen LogP contribution in [-0.2, 0) is 0 Å². The van der Waals surface area contributed by atoms with Crippen molar-refractivity contribution in [2.24, 2.45) is 0 Å². The third-order valence-corrected chi connectivity index (χ3v) is 3.30. The molecule has 1 aliphatic heterocycles. The molecule has 3 heterocycles. The quantitative estimate of drug-likeness (QED) is 0.793. The lowest BCUT2D eigenvalue weighted by Crippen LogP contribution is -2.19. The van der Waals surface area contributed by atoms with Crippen LogP contribution in [-0.4, -0.2) is 27.7 Å². The smallest absolute Gasteiger partial charge is 0.171 e. The SMILES string of the molecule is Brc1cnn2ccc(N3CCCC3)nc12. The molecular weight excluding hydrogens is 256 g/mol. The van der Waals surface area contributed by atoms with Crippen LogP contribution in [0.3, 0.4) is 0 Å². The summed E-state index contributed by atoms with van der Waals surface area (Å²) in [6.07, 6.45) is 6.28. The van der Waals surface area contributed by atoms with Gasteiger partial charge in [-0.05, 0) is 34.8 Å². The number of rotatable bonds is 1. The van der Waals surface area contributed by atoms with Crippen molar-refractivity contribution in [1.82, 2.24) is 14.6 Å². The van der Waals surface area contributed by atoms with Gasteiger partial charge in [-0.15, -0.1) is 0 Å². The highest BCUT2D eigenvalue weighted by atomic mass is 79.9. The van der Waals surface area contributed by atoms with Crippen molar-refractivity contribution in [1.29, 1.82) is 0 Å². The fourth-order valence-corrected chi connectivity index (χ4v) is 2.32. The van der Waals surface area contributed by atoms with Crippen LogP contribution >= 0.6 is 15.9 Å². The van der Waals surface area contributed by atoms with Crippen LogP contribution in [0.5, 0.6) is 0 Å². The molecule has 0 aliphatic carbocycles. The van der Waals surface area contributed by atoms with Gasteiger partial charge < -0.3 is 4.90 Å². The van der Waals surface area contributed by atoms with Gasteiger partial charge in [-0.25, -0.2) is 9.50 Å². The molecule has 0 aromatic carbocycles. The average Bonchev–Trinajstić information content (AvgIpc) is 2.88. The van der Waals surface area contributed by atoms with E-state index in [4.69, 9.17) is 0 Å². The lowest BCUT2D eigenvalue weighted by molar-refractivity contribution is 0.898. The molecule has 2 aromatic rings. The average molecular weight is 267 g/mol. The molecule has 0 unspecified atom stereocenters. The number of aromatic nitrogens is 3. The number of hydrogen-bond donors (Lipinski definition) is 0. The minimum atomic E-state index is 0.888. The molecule has 0 radical (unpaired) electrons. The zero-order chi connectivity index (χ0) is 10.3. The summed E-state index contributed by atoms with van der Waals surface area (Å²) in [6.45, 7) is 2.24. The van der Waals surface area contributed by atoms with Crippen LogP contribution in [0.2, 0.25) is 0 Å². The fourth-order valence-electron chi connectivity index (χ4n) is 1.95. The Kier molecular flexibility index (Phi) is 2.12. The van der Waals surface area contributed by atoms with Crippen molar-refractivity contribution >= 4 is 27.4 Å². The van der Waals surface area contributed by atoms with Gasteiger partial charge in [0, 0.05) is 19.3 Å². The topological polar surface area (TPSA) is 33.4 Å². The molecule has 0 saturated carbocycles. The molecule has 2 aromatic heterocycles. The second-order valence-corrected chi connectivity index (χ2v) is 4.59. The van der Waals surface area contributed by atoms with Crippen LogP contribution in [0.25, 0.3) is 5.65 Å². The van der Waals surface area contributed by atoms with Gasteiger partial charge in [0.1, 0.15) is 5.82 Å². The summed E-state index contributed by atoms with van der Waals surface area (Å²) in [5.74, 6) is 1.06. The molecule has 0 N–H and O–H groups in total. The van der Waals surface area contributed by atoms with Crippen LogP contribution in [0.1, 0.15) is 12.8 Å². The number of nitrogens with zero attached hydrogens (tertiary/aromatic N) is 4. The standard InChI is InChI=1S/C10H11BrN4/c11-8-7-12-15-6-3-9(13-10(8)15)14-4-1-2-5-14/h3,6-7H,1-2,4-5H2. The monoisotopic (exact) mass is 266 g/mol. The Balaban J connectivity index is 2.08. The number of anilines is 1. The van der Waals surface area contributed by atoms with E-state index in [9.17, 15) is 0 Å². The highest BCUT2D eigenvalue weighted by molar-refractivity contribution is 9.10. The largest absolute Gasteiger partial charge is 0.357 e. The summed E-state index contributed by atoms with van der Waals surface area (Å²) < 4.78 is 2.73. The molecule has 1 fully saturated rings. The van der Waals surface area contributed by atoms with E-state index >= 15 is 0 Å². The van der Waals surface area contributed by atoms with E-state index in [2.05, 4.69) is 30.9 Å². The molecule has 1 saturated heterocycles. The van der Waals surface area contributed by atoms with Crippen molar-refractivity contribution < 1.29 is 0 Å². The van der Waals surface area contributed by atoms with Gasteiger partial charge in [-0.1, -0.05) is 0 Å². The van der Waals surface area contributed by atoms with Crippen LogP contribution < -0.4 is 4.90 Å². The normalized spacial score (nSPS) is 16.5. The second-order valence-electron chi connectivity index (χ2n) is 3.74. The predicted octanol–water partition coefficient (Wildman–Crippen LogP) is 2.09. The molecule has 0 amide bonds. The first kappa shape index (κ1) is 9.15. The van der Waals surface area contributed by atoms with Gasteiger partial charge in [-0.3, -0.25) is 0 Å². The maximum atomic E-state index is 4.60. The van der Waals surface area contributed by atoms with E-state index in [-0.39, 0.29) is 0 Å². The summed E-state index contributed by atoms with van der Waals surface area (Å²) in [6, 6.07) is 2.03. The maximum absolute atomic E-state index is 4.60. The van der Waals surface area contributed by atoms with Crippen molar-refractivity contribution in [2.45, 2.75) is 12.8 Å². The van der Waals surface area contributed by atoms with E-state index < -0.39 is 0 Å². The van der Waals surface area contributed by atoms with Crippen molar-refractivity contribution in [3.63, 3.8) is 0 Å². The zero-order valence-corrected chi connectivity index (χ0v) is 9.81. The maximum Gasteiger partial charge on any atom is 0.171 e. The predicted molar refractivity (Wildman–Crippen MR) is 62.1 cm³/mol. The molecule has 15 heavy (non-hydrogen) atoms. The Labute approximate surface area is 96.0 Å². The van der Waals surface area contributed by atoms with Crippen molar-refractivity contribution in [3.05, 3.63) is 22.9 Å². The van der Waals surface area contributed by atoms with Gasteiger partial charge in [0.2, 0.25) is 0 Å². The van der Waals surface area contributed by atoms with Gasteiger partial charge in [0.15, 0.2) is 5.65 Å². The molecule has 5 heteroatoms. The number of halogens is 1. The van der Waals surface area contributed by atoms with E-state index in [0.29, 0.717) is 0 Å². The van der Waals surface area contributed by atoms with Crippen LogP contribution in [0.15, 0.2) is 22.9 Å². The number of hydrogen-bond acceptors (Lipinski definition) is 3. The van der Waals surface area contributed by atoms with Crippen LogP contribution in [0.4, 0.5) is 5.82 Å².